The second-order valence-electron chi connectivity index (χ2n) is 7.75. The summed E-state index contributed by atoms with van der Waals surface area (Å²) in [6.07, 6.45) is 0.427. The third kappa shape index (κ3) is 6.50. The van der Waals surface area contributed by atoms with E-state index in [1.54, 1.807) is 0 Å². The van der Waals surface area contributed by atoms with Gasteiger partial charge in [-0.2, -0.15) is 0 Å². The molecular weight excluding hydrogens is 330 g/mol. The van der Waals surface area contributed by atoms with Gasteiger partial charge in [0.1, 0.15) is 12.4 Å². The summed E-state index contributed by atoms with van der Waals surface area (Å²) < 4.78 is 11.4. The molecule has 2 atom stereocenters. The smallest absolute Gasteiger partial charge is 0.314 e. The number of ether oxygens (including phenoxy) is 2. The first kappa shape index (κ1) is 20.5. The Hall–Kier alpha value is -1.79. The molecule has 0 radical (unpaired) electrons. The monoisotopic (exact) mass is 363 g/mol. The number of carbonyl (C=O) groups excluding carboxylic acids is 1. The highest BCUT2D eigenvalue weighted by Gasteiger charge is 2.33. The van der Waals surface area contributed by atoms with E-state index in [0.29, 0.717) is 19.7 Å². The van der Waals surface area contributed by atoms with Crippen LogP contribution in [0.15, 0.2) is 24.3 Å². The minimum absolute atomic E-state index is 0.123. The predicted molar refractivity (Wildman–Crippen MR) is 104 cm³/mol. The number of hydrogen-bond acceptors (Lipinski definition) is 4. The first-order chi connectivity index (χ1) is 12.3. The molecule has 2 rings (SSSR count). The zero-order chi connectivity index (χ0) is 19.2. The van der Waals surface area contributed by atoms with Crippen LogP contribution >= 0.6 is 0 Å². The van der Waals surface area contributed by atoms with Crippen molar-refractivity contribution in [3.05, 3.63) is 29.8 Å². The molecule has 1 aliphatic rings. The molecule has 1 heterocycles. The lowest BCUT2D eigenvalue weighted by Gasteiger charge is -2.45. The predicted octanol–water partition coefficient (Wildman–Crippen LogP) is 2.56. The molecule has 0 aliphatic carbocycles. The number of aryl methyl sites for hydroxylation is 1. The van der Waals surface area contributed by atoms with Crippen molar-refractivity contribution in [3.8, 4) is 5.75 Å². The lowest BCUT2D eigenvalue weighted by Crippen LogP contribution is -2.59. The van der Waals surface area contributed by atoms with Crippen LogP contribution in [0.4, 0.5) is 4.79 Å². The van der Waals surface area contributed by atoms with Crippen molar-refractivity contribution in [3.63, 3.8) is 0 Å². The zero-order valence-corrected chi connectivity index (χ0v) is 16.7. The minimum Gasteiger partial charge on any atom is -0.492 e. The molecule has 2 N–H and O–H groups in total. The second-order valence-corrected chi connectivity index (χ2v) is 7.75. The summed E-state index contributed by atoms with van der Waals surface area (Å²) in [4.78, 5) is 14.4. The summed E-state index contributed by atoms with van der Waals surface area (Å²) in [6, 6.07) is 7.71. The molecular formula is C20H33N3O3. The first-order valence-corrected chi connectivity index (χ1v) is 9.38. The van der Waals surface area contributed by atoms with Crippen LogP contribution in [0.25, 0.3) is 0 Å². The highest BCUT2D eigenvalue weighted by Crippen LogP contribution is 2.20. The zero-order valence-electron chi connectivity index (χ0n) is 16.7. The topological polar surface area (TPSA) is 62.8 Å². The molecule has 0 bridgehead atoms. The Balaban J connectivity index is 1.67. The molecule has 0 saturated carbocycles. The maximum absolute atomic E-state index is 12.0. The van der Waals surface area contributed by atoms with Crippen molar-refractivity contribution in [2.24, 2.45) is 0 Å². The van der Waals surface area contributed by atoms with E-state index in [-0.39, 0.29) is 23.8 Å². The largest absolute Gasteiger partial charge is 0.492 e. The van der Waals surface area contributed by atoms with Gasteiger partial charge in [0, 0.05) is 25.2 Å². The summed E-state index contributed by atoms with van der Waals surface area (Å²) in [5, 5.41) is 5.81. The summed E-state index contributed by atoms with van der Waals surface area (Å²) in [6.45, 7) is 13.8. The summed E-state index contributed by atoms with van der Waals surface area (Å²) in [5.41, 5.74) is 1.03. The van der Waals surface area contributed by atoms with Crippen molar-refractivity contribution >= 4 is 6.03 Å². The number of morpholine rings is 1. The van der Waals surface area contributed by atoms with Gasteiger partial charge < -0.3 is 20.1 Å². The summed E-state index contributed by atoms with van der Waals surface area (Å²) in [5.74, 6) is 0.823. The molecule has 0 spiro atoms. The standard InChI is InChI=1S/C20H33N3O3/c1-15-7-6-8-18(11-15)25-10-9-21-19(24)22-14-20(4,5)23-12-16(2)26-17(3)13-23/h6-8,11,16-17H,9-10,12-14H2,1-5H3,(H2,21,22,24)/t16-,17-/m1/s1. The van der Waals surface area contributed by atoms with Gasteiger partial charge in [0.15, 0.2) is 0 Å². The number of urea groups is 1. The van der Waals surface area contributed by atoms with E-state index in [1.807, 2.05) is 31.2 Å². The van der Waals surface area contributed by atoms with E-state index >= 15 is 0 Å². The van der Waals surface area contributed by atoms with Crippen molar-refractivity contribution < 1.29 is 14.3 Å². The number of hydrogen-bond donors (Lipinski definition) is 2. The van der Waals surface area contributed by atoms with E-state index in [1.165, 1.54) is 0 Å². The highest BCUT2D eigenvalue weighted by molar-refractivity contribution is 5.73. The Morgan fingerprint density at radius 2 is 1.96 bits per heavy atom. The van der Waals surface area contributed by atoms with Crippen LogP contribution in [-0.2, 0) is 4.74 Å². The number of benzene rings is 1. The molecule has 1 saturated heterocycles. The number of amides is 2. The van der Waals surface area contributed by atoms with Gasteiger partial charge in [-0.1, -0.05) is 12.1 Å². The van der Waals surface area contributed by atoms with E-state index < -0.39 is 0 Å². The highest BCUT2D eigenvalue weighted by atomic mass is 16.5. The third-order valence-electron chi connectivity index (χ3n) is 4.60. The molecule has 0 unspecified atom stereocenters. The maximum atomic E-state index is 12.0. The van der Waals surface area contributed by atoms with Gasteiger partial charge in [-0.05, 0) is 52.3 Å². The number of carbonyl (C=O) groups is 1. The minimum atomic E-state index is -0.166. The second kappa shape index (κ2) is 9.24. The molecule has 0 aromatic heterocycles. The Morgan fingerprint density at radius 3 is 2.62 bits per heavy atom. The van der Waals surface area contributed by atoms with Crippen LogP contribution in [0.2, 0.25) is 0 Å². The Kier molecular flexibility index (Phi) is 7.29. The van der Waals surface area contributed by atoms with Crippen LogP contribution < -0.4 is 15.4 Å². The molecule has 146 valence electrons. The molecule has 1 fully saturated rings. The lowest BCUT2D eigenvalue weighted by molar-refractivity contribution is -0.0947. The van der Waals surface area contributed by atoms with E-state index in [9.17, 15) is 4.79 Å². The fourth-order valence-electron chi connectivity index (χ4n) is 3.18. The number of nitrogens with one attached hydrogen (secondary N) is 2. The van der Waals surface area contributed by atoms with E-state index in [2.05, 4.69) is 43.2 Å². The molecule has 6 heteroatoms. The van der Waals surface area contributed by atoms with Crippen molar-refractivity contribution in [1.82, 2.24) is 15.5 Å². The molecule has 1 aromatic rings. The average molecular weight is 364 g/mol. The third-order valence-corrected chi connectivity index (χ3v) is 4.60. The molecule has 26 heavy (non-hydrogen) atoms. The van der Waals surface area contributed by atoms with Crippen LogP contribution in [0.1, 0.15) is 33.3 Å². The SMILES string of the molecule is Cc1cccc(OCCNC(=O)NCC(C)(C)N2C[C@@H](C)O[C@H](C)C2)c1. The summed E-state index contributed by atoms with van der Waals surface area (Å²) in [7, 11) is 0. The van der Waals surface area contributed by atoms with Crippen LogP contribution in [0.3, 0.4) is 0 Å². The van der Waals surface area contributed by atoms with Crippen LogP contribution in [-0.4, -0.2) is 61.5 Å². The molecule has 2 amide bonds. The first-order valence-electron chi connectivity index (χ1n) is 9.38. The van der Waals surface area contributed by atoms with Gasteiger partial charge in [-0.25, -0.2) is 4.79 Å². The number of rotatable bonds is 7. The Bertz CT molecular complexity index is 581. The van der Waals surface area contributed by atoms with Crippen molar-refractivity contribution in [1.29, 1.82) is 0 Å². The van der Waals surface area contributed by atoms with Gasteiger partial charge in [0.05, 0.1) is 18.8 Å². The fraction of sp³-hybridized carbons (Fsp3) is 0.650. The molecule has 1 aromatic carbocycles. The number of nitrogens with zero attached hydrogens (tertiary/aromatic N) is 1. The molecule has 6 nitrogen and oxygen atoms in total. The maximum Gasteiger partial charge on any atom is 0.314 e. The normalized spacial score (nSPS) is 21.3. The van der Waals surface area contributed by atoms with Gasteiger partial charge >= 0.3 is 6.03 Å². The fourth-order valence-corrected chi connectivity index (χ4v) is 3.18. The van der Waals surface area contributed by atoms with E-state index in [0.717, 1.165) is 24.4 Å². The van der Waals surface area contributed by atoms with Gasteiger partial charge in [0.25, 0.3) is 0 Å². The quantitative estimate of drug-likeness (QED) is 0.731. The van der Waals surface area contributed by atoms with Gasteiger partial charge in [-0.15, -0.1) is 0 Å². The van der Waals surface area contributed by atoms with Crippen LogP contribution in [0, 0.1) is 6.92 Å². The van der Waals surface area contributed by atoms with Gasteiger partial charge in [-0.3, -0.25) is 4.90 Å². The van der Waals surface area contributed by atoms with E-state index in [4.69, 9.17) is 9.47 Å². The van der Waals surface area contributed by atoms with Crippen molar-refractivity contribution in [2.45, 2.75) is 52.4 Å². The van der Waals surface area contributed by atoms with Crippen molar-refractivity contribution in [2.75, 3.05) is 32.8 Å². The summed E-state index contributed by atoms with van der Waals surface area (Å²) >= 11 is 0. The van der Waals surface area contributed by atoms with Crippen LogP contribution in [0.5, 0.6) is 5.75 Å². The lowest BCUT2D eigenvalue weighted by atomic mass is 10.0. The average Bonchev–Trinajstić information content (AvgIpc) is 2.56. The Labute approximate surface area is 157 Å². The Morgan fingerprint density at radius 1 is 1.27 bits per heavy atom. The molecule has 1 aliphatic heterocycles. The van der Waals surface area contributed by atoms with Gasteiger partial charge in [0.2, 0.25) is 0 Å².